The maximum atomic E-state index is 12.3. The number of furan rings is 2. The summed E-state index contributed by atoms with van der Waals surface area (Å²) in [6.45, 7) is 7.76. The molecular formula is C44H53N15O8S. The van der Waals surface area contributed by atoms with Gasteiger partial charge in [-0.3, -0.25) is 9.59 Å². The Kier molecular flexibility index (Phi) is 15.6. The summed E-state index contributed by atoms with van der Waals surface area (Å²) in [6, 6.07) is 22.3. The number of sulfone groups is 1. The van der Waals surface area contributed by atoms with Crippen LogP contribution < -0.4 is 27.8 Å². The molecule has 0 aliphatic carbocycles. The highest BCUT2D eigenvalue weighted by atomic mass is 32.2. The van der Waals surface area contributed by atoms with Crippen LogP contribution in [0.3, 0.4) is 0 Å². The Morgan fingerprint density at radius 1 is 0.691 bits per heavy atom. The zero-order chi connectivity index (χ0) is 49.2. The van der Waals surface area contributed by atoms with Crippen molar-refractivity contribution in [1.29, 1.82) is 0 Å². The SMILES string of the molecule is CC(C)(CO)C(=O)Cc1ccc(CCNc2nc(N)n3nc(-c4ccco4)nc3n2)cc1.CC(C)(CO)C(=O)Nc1ccc(CCN)cc1.CS(=O)(=O)c1nc(N)n2nc(-c3ccco3)nc2n1. The summed E-state index contributed by atoms with van der Waals surface area (Å²) in [7, 11) is -3.57. The van der Waals surface area contributed by atoms with E-state index in [0.717, 1.165) is 46.0 Å². The Labute approximate surface area is 390 Å². The summed E-state index contributed by atoms with van der Waals surface area (Å²) in [5.41, 5.74) is 19.5. The molecule has 0 atom stereocenters. The van der Waals surface area contributed by atoms with E-state index in [1.54, 1.807) is 58.2 Å². The second-order valence-corrected chi connectivity index (χ2v) is 18.6. The molecule has 0 unspecified atom stereocenters. The molecule has 68 heavy (non-hydrogen) atoms. The van der Waals surface area contributed by atoms with E-state index in [1.807, 2.05) is 48.5 Å². The van der Waals surface area contributed by atoms with Gasteiger partial charge in [0.1, 0.15) is 5.78 Å². The lowest BCUT2D eigenvalue weighted by atomic mass is 9.85. The number of ketones is 1. The van der Waals surface area contributed by atoms with Crippen molar-refractivity contribution in [2.75, 3.05) is 54.7 Å². The number of nitrogens with zero attached hydrogens (tertiary/aromatic N) is 10. The number of aliphatic hydroxyl groups is 2. The second kappa shape index (κ2) is 21.3. The highest BCUT2D eigenvalue weighted by Crippen LogP contribution is 2.22. The molecule has 8 aromatic rings. The topological polar surface area (TPSA) is 349 Å². The summed E-state index contributed by atoms with van der Waals surface area (Å²) in [6.07, 6.45) is 5.87. The predicted octanol–water partition coefficient (Wildman–Crippen LogP) is 3.06. The van der Waals surface area contributed by atoms with Gasteiger partial charge < -0.3 is 46.9 Å². The molecule has 1 amide bonds. The summed E-state index contributed by atoms with van der Waals surface area (Å²) >= 11 is 0. The highest BCUT2D eigenvalue weighted by molar-refractivity contribution is 7.90. The van der Waals surface area contributed by atoms with Gasteiger partial charge in [-0.25, -0.2) is 8.42 Å². The fourth-order valence-corrected chi connectivity index (χ4v) is 6.31. The van der Waals surface area contributed by atoms with Crippen molar-refractivity contribution in [2.24, 2.45) is 16.6 Å². The van der Waals surface area contributed by atoms with Crippen molar-refractivity contribution < 1.29 is 37.1 Å². The first-order valence-corrected chi connectivity index (χ1v) is 22.9. The molecule has 2 aromatic carbocycles. The Morgan fingerprint density at radius 3 is 1.72 bits per heavy atom. The molecular weight excluding hydrogens is 899 g/mol. The molecule has 10 N–H and O–H groups in total. The minimum atomic E-state index is -3.57. The van der Waals surface area contributed by atoms with E-state index in [-0.39, 0.29) is 48.4 Å². The van der Waals surface area contributed by atoms with Crippen molar-refractivity contribution in [1.82, 2.24) is 49.1 Å². The van der Waals surface area contributed by atoms with Crippen LogP contribution in [0, 0.1) is 10.8 Å². The molecule has 0 aliphatic heterocycles. The molecule has 23 nitrogen and oxygen atoms in total. The van der Waals surface area contributed by atoms with Crippen molar-refractivity contribution in [2.45, 2.75) is 52.1 Å². The molecule has 0 bridgehead atoms. The minimum absolute atomic E-state index is 0.0169. The number of Topliss-reactive ketones (excluding diaryl/α,β-unsaturated/α-hetero) is 1. The second-order valence-electron chi connectivity index (χ2n) is 16.7. The lowest BCUT2D eigenvalue weighted by Crippen LogP contribution is -2.33. The summed E-state index contributed by atoms with van der Waals surface area (Å²) in [5.74, 6) is 2.19. The first-order valence-electron chi connectivity index (χ1n) is 21.1. The van der Waals surface area contributed by atoms with E-state index in [2.05, 4.69) is 50.7 Å². The van der Waals surface area contributed by atoms with Crippen molar-refractivity contribution >= 4 is 56.6 Å². The van der Waals surface area contributed by atoms with Gasteiger partial charge in [0.15, 0.2) is 11.5 Å². The van der Waals surface area contributed by atoms with Gasteiger partial charge in [0.2, 0.25) is 45.2 Å². The van der Waals surface area contributed by atoms with Crippen LogP contribution in [0.25, 0.3) is 34.7 Å². The molecule has 0 saturated heterocycles. The number of carbonyl (C=O) groups is 2. The number of aromatic nitrogens is 10. The quantitative estimate of drug-likeness (QED) is 0.0731. The number of fused-ring (bicyclic) bond motifs is 2. The average molecular weight is 952 g/mol. The van der Waals surface area contributed by atoms with Crippen molar-refractivity contribution in [3.05, 3.63) is 102 Å². The molecule has 0 saturated carbocycles. The molecule has 24 heteroatoms. The Bertz CT molecular complexity index is 3060. The van der Waals surface area contributed by atoms with Crippen LogP contribution in [-0.4, -0.2) is 112 Å². The number of hydrogen-bond acceptors (Lipinski definition) is 20. The number of nitrogen functional groups attached to an aromatic ring is 2. The van der Waals surface area contributed by atoms with Crippen molar-refractivity contribution in [3.8, 4) is 23.2 Å². The summed E-state index contributed by atoms with van der Waals surface area (Å²) < 4.78 is 35.8. The van der Waals surface area contributed by atoms with E-state index < -0.39 is 25.8 Å². The van der Waals surface area contributed by atoms with Gasteiger partial charge in [-0.05, 0) is 86.3 Å². The van der Waals surface area contributed by atoms with E-state index in [4.69, 9.17) is 31.1 Å². The number of hydrogen-bond donors (Lipinski definition) is 7. The zero-order valence-corrected chi connectivity index (χ0v) is 38.8. The Morgan fingerprint density at radius 2 is 1.21 bits per heavy atom. The van der Waals surface area contributed by atoms with E-state index in [1.165, 1.54) is 10.8 Å². The Balaban J connectivity index is 0.000000181. The fraction of sp³-hybridized carbons (Fsp3) is 0.318. The number of aliphatic hydroxyl groups excluding tert-OH is 2. The number of nitrogens with one attached hydrogen (secondary N) is 2. The summed E-state index contributed by atoms with van der Waals surface area (Å²) in [4.78, 5) is 48.5. The van der Waals surface area contributed by atoms with Crippen LogP contribution >= 0.6 is 0 Å². The number of amides is 1. The Hall–Kier alpha value is -7.67. The van der Waals surface area contributed by atoms with Crippen LogP contribution in [-0.2, 0) is 38.7 Å². The maximum absolute atomic E-state index is 12.3. The lowest BCUT2D eigenvalue weighted by Gasteiger charge is -2.20. The van der Waals surface area contributed by atoms with Gasteiger partial charge in [0.05, 0.1) is 31.2 Å². The molecule has 358 valence electrons. The third-order valence-corrected chi connectivity index (χ3v) is 11.0. The number of nitrogens with two attached hydrogens (primary N) is 3. The van der Waals surface area contributed by atoms with E-state index in [9.17, 15) is 23.1 Å². The molecule has 6 heterocycles. The normalized spacial score (nSPS) is 11.7. The van der Waals surface area contributed by atoms with Crippen LogP contribution in [0.2, 0.25) is 0 Å². The van der Waals surface area contributed by atoms with Gasteiger partial charge in [0, 0.05) is 30.3 Å². The largest absolute Gasteiger partial charge is 0.461 e. The van der Waals surface area contributed by atoms with Crippen LogP contribution in [0.4, 0.5) is 23.5 Å². The monoisotopic (exact) mass is 951 g/mol. The number of anilines is 4. The molecule has 0 radical (unpaired) electrons. The van der Waals surface area contributed by atoms with E-state index in [0.29, 0.717) is 48.6 Å². The summed E-state index contributed by atoms with van der Waals surface area (Å²) in [5, 5.41) is 32.3. The smallest absolute Gasteiger partial charge is 0.259 e. The van der Waals surface area contributed by atoms with Gasteiger partial charge >= 0.3 is 0 Å². The first-order chi connectivity index (χ1) is 32.3. The van der Waals surface area contributed by atoms with Crippen molar-refractivity contribution in [3.63, 3.8) is 0 Å². The molecule has 0 aliphatic rings. The van der Waals surface area contributed by atoms with Gasteiger partial charge in [-0.2, -0.15) is 38.9 Å². The molecule has 6 aromatic heterocycles. The van der Waals surface area contributed by atoms with Gasteiger partial charge in [-0.15, -0.1) is 10.2 Å². The molecule has 0 fully saturated rings. The van der Waals surface area contributed by atoms with Gasteiger partial charge in [-0.1, -0.05) is 50.2 Å². The number of rotatable bonds is 16. The minimum Gasteiger partial charge on any atom is -0.461 e. The maximum Gasteiger partial charge on any atom is 0.259 e. The third kappa shape index (κ3) is 12.6. The average Bonchev–Trinajstić information content (AvgIpc) is 4.16. The number of benzene rings is 2. The third-order valence-electron chi connectivity index (χ3n) is 10.2. The van der Waals surface area contributed by atoms with Crippen LogP contribution in [0.1, 0.15) is 44.4 Å². The number of carbonyl (C=O) groups excluding carboxylic acids is 2. The molecule has 8 rings (SSSR count). The van der Waals surface area contributed by atoms with Crippen LogP contribution in [0.15, 0.2) is 99.3 Å². The fourth-order valence-electron chi connectivity index (χ4n) is 5.81. The van der Waals surface area contributed by atoms with Gasteiger partial charge in [0.25, 0.3) is 16.7 Å². The standard InChI is InChI=1S/C22H25N7O3.C13H20N2O2.C9H8N6O3S/c1-22(2,13-30)17(31)12-15-7-5-14(6-8-15)9-10-24-20-26-19(23)29-21(27-20)25-18(28-29)16-4-3-11-32-16;1-13(2,9-16)12(17)15-11-5-3-10(4-6-11)7-8-14;1-19(16,17)9-12-7(10)15-8(13-9)11-6(14-15)5-3-2-4-18-5/h3-8,11,30H,9-10,12-13H2,1-2H3,(H3,23,24,25,26,27,28);3-6,16H,7-9,14H2,1-2H3,(H,15,17);2-4H,1H3,(H2,10,11,12,13,14). The lowest BCUT2D eigenvalue weighted by molar-refractivity contribution is -0.128. The zero-order valence-electron chi connectivity index (χ0n) is 38.0. The highest BCUT2D eigenvalue weighted by Gasteiger charge is 2.27. The van der Waals surface area contributed by atoms with E-state index >= 15 is 0 Å². The predicted molar refractivity (Wildman–Crippen MR) is 251 cm³/mol. The molecule has 0 spiro atoms. The van der Waals surface area contributed by atoms with Crippen LogP contribution in [0.5, 0.6) is 0 Å². The first kappa shape index (κ1) is 49.8.